The van der Waals surface area contributed by atoms with Crippen LogP contribution in [0.1, 0.15) is 28.4 Å². The van der Waals surface area contributed by atoms with Crippen LogP contribution in [0.5, 0.6) is 0 Å². The highest BCUT2D eigenvalue weighted by molar-refractivity contribution is 7.12. The molecule has 0 aromatic carbocycles. The first-order valence-corrected chi connectivity index (χ1v) is 7.08. The van der Waals surface area contributed by atoms with E-state index < -0.39 is 11.9 Å². The van der Waals surface area contributed by atoms with Crippen molar-refractivity contribution < 1.29 is 13.2 Å². The molecule has 2 rings (SSSR count). The average molecular weight is 316 g/mol. The topological polar surface area (TPSA) is 49.8 Å². The van der Waals surface area contributed by atoms with Crippen LogP contribution in [0, 0.1) is 6.92 Å². The van der Waals surface area contributed by atoms with E-state index in [0.717, 1.165) is 15.8 Å². The third-order valence-electron chi connectivity index (χ3n) is 2.79. The van der Waals surface area contributed by atoms with Crippen molar-refractivity contribution in [3.8, 4) is 0 Å². The lowest BCUT2D eigenvalue weighted by Gasteiger charge is -2.15. The summed E-state index contributed by atoms with van der Waals surface area (Å²) in [6.07, 6.45) is -4.51. The molecule has 114 valence electrons. The molecule has 0 aliphatic heterocycles. The molecule has 2 aromatic rings. The lowest BCUT2D eigenvalue weighted by molar-refractivity contribution is -0.141. The number of aryl methyl sites for hydroxylation is 1. The number of hydrogen-bond acceptors (Lipinski definition) is 5. The predicted molar refractivity (Wildman–Crippen MR) is 77.7 cm³/mol. The molecule has 0 spiro atoms. The Hall–Kier alpha value is -1.83. The Balaban J connectivity index is 2.27. The molecule has 2 aromatic heterocycles. The summed E-state index contributed by atoms with van der Waals surface area (Å²) in [5.74, 6) is 0.0714. The number of halogens is 3. The van der Waals surface area contributed by atoms with Crippen LogP contribution in [0.25, 0.3) is 0 Å². The molecule has 0 radical (unpaired) electrons. The Labute approximate surface area is 124 Å². The molecule has 0 saturated heterocycles. The molecule has 4 nitrogen and oxygen atoms in total. The standard InChI is InChI=1S/C13H15F3N4S/c1-7-4-5-9(21-7)8(2)18-11-6-10(13(14,15)16)19-12(17-3)20-11/h4-6,8H,1-3H3,(H2,17,18,19,20). The molecule has 0 fully saturated rings. The van der Waals surface area contributed by atoms with Gasteiger partial charge >= 0.3 is 6.18 Å². The van der Waals surface area contributed by atoms with Crippen LogP contribution in [0.4, 0.5) is 24.9 Å². The van der Waals surface area contributed by atoms with Gasteiger partial charge in [-0.25, -0.2) is 4.98 Å². The quantitative estimate of drug-likeness (QED) is 0.892. The van der Waals surface area contributed by atoms with E-state index in [0.29, 0.717) is 0 Å². The summed E-state index contributed by atoms with van der Waals surface area (Å²) in [4.78, 5) is 9.61. The highest BCUT2D eigenvalue weighted by Crippen LogP contribution is 2.31. The first-order chi connectivity index (χ1) is 9.79. The van der Waals surface area contributed by atoms with Crippen LogP contribution >= 0.6 is 11.3 Å². The van der Waals surface area contributed by atoms with Crippen molar-refractivity contribution in [1.82, 2.24) is 9.97 Å². The molecule has 0 bridgehead atoms. The molecular formula is C13H15F3N4S. The van der Waals surface area contributed by atoms with E-state index in [4.69, 9.17) is 0 Å². The average Bonchev–Trinajstić information content (AvgIpc) is 2.84. The molecule has 2 N–H and O–H groups in total. The third-order valence-corrected chi connectivity index (χ3v) is 3.98. The summed E-state index contributed by atoms with van der Waals surface area (Å²) in [5.41, 5.74) is -0.973. The minimum atomic E-state index is -4.51. The fraction of sp³-hybridized carbons (Fsp3) is 0.385. The van der Waals surface area contributed by atoms with Gasteiger partial charge in [0.05, 0.1) is 6.04 Å². The first kappa shape index (κ1) is 15.6. The van der Waals surface area contributed by atoms with Crippen molar-refractivity contribution in [3.63, 3.8) is 0 Å². The fourth-order valence-electron chi connectivity index (χ4n) is 1.76. The molecule has 0 saturated carbocycles. The minimum absolute atomic E-state index is 0.0677. The van der Waals surface area contributed by atoms with Crippen molar-refractivity contribution in [2.45, 2.75) is 26.1 Å². The van der Waals surface area contributed by atoms with Gasteiger partial charge in [-0.2, -0.15) is 18.2 Å². The van der Waals surface area contributed by atoms with E-state index >= 15 is 0 Å². The van der Waals surface area contributed by atoms with Gasteiger partial charge in [-0.1, -0.05) is 0 Å². The monoisotopic (exact) mass is 316 g/mol. The molecule has 8 heteroatoms. The Morgan fingerprint density at radius 3 is 2.48 bits per heavy atom. The molecule has 1 unspecified atom stereocenters. The van der Waals surface area contributed by atoms with E-state index in [-0.39, 0.29) is 17.8 Å². The summed E-state index contributed by atoms with van der Waals surface area (Å²) in [6.45, 7) is 3.85. The summed E-state index contributed by atoms with van der Waals surface area (Å²) in [7, 11) is 1.48. The summed E-state index contributed by atoms with van der Waals surface area (Å²) >= 11 is 1.59. The smallest absolute Gasteiger partial charge is 0.363 e. The van der Waals surface area contributed by atoms with Gasteiger partial charge in [-0.3, -0.25) is 0 Å². The van der Waals surface area contributed by atoms with Gasteiger partial charge in [0.1, 0.15) is 5.82 Å². The van der Waals surface area contributed by atoms with Crippen molar-refractivity contribution in [3.05, 3.63) is 33.6 Å². The zero-order chi connectivity index (χ0) is 15.6. The first-order valence-electron chi connectivity index (χ1n) is 6.26. The number of thiophene rings is 1. The van der Waals surface area contributed by atoms with Gasteiger partial charge < -0.3 is 10.6 Å². The van der Waals surface area contributed by atoms with Crippen LogP contribution in [-0.2, 0) is 6.18 Å². The largest absolute Gasteiger partial charge is 0.433 e. The number of hydrogen-bond donors (Lipinski definition) is 2. The Morgan fingerprint density at radius 2 is 1.95 bits per heavy atom. The van der Waals surface area contributed by atoms with Gasteiger partial charge in [-0.05, 0) is 26.0 Å². The highest BCUT2D eigenvalue weighted by atomic mass is 32.1. The van der Waals surface area contributed by atoms with Crippen molar-refractivity contribution >= 4 is 23.1 Å². The van der Waals surface area contributed by atoms with Gasteiger partial charge in [0.15, 0.2) is 5.69 Å². The van der Waals surface area contributed by atoms with Crippen LogP contribution in [-0.4, -0.2) is 17.0 Å². The second-order valence-electron chi connectivity index (χ2n) is 4.52. The third kappa shape index (κ3) is 3.84. The minimum Gasteiger partial charge on any atom is -0.363 e. The lowest BCUT2D eigenvalue weighted by atomic mass is 10.2. The fourth-order valence-corrected chi connectivity index (χ4v) is 2.64. The number of anilines is 2. The summed E-state index contributed by atoms with van der Waals surface area (Å²) < 4.78 is 38.4. The van der Waals surface area contributed by atoms with Crippen LogP contribution in [0.3, 0.4) is 0 Å². The van der Waals surface area contributed by atoms with E-state index in [9.17, 15) is 13.2 Å². The number of aromatic nitrogens is 2. The van der Waals surface area contributed by atoms with E-state index in [1.54, 1.807) is 11.3 Å². The van der Waals surface area contributed by atoms with Gasteiger partial charge in [0.2, 0.25) is 5.95 Å². The zero-order valence-corrected chi connectivity index (χ0v) is 12.6. The molecule has 2 heterocycles. The molecule has 21 heavy (non-hydrogen) atoms. The van der Waals surface area contributed by atoms with Crippen LogP contribution in [0.2, 0.25) is 0 Å². The molecule has 0 aliphatic carbocycles. The number of nitrogens with zero attached hydrogens (tertiary/aromatic N) is 2. The summed E-state index contributed by atoms with van der Waals surface area (Å²) in [6, 6.07) is 4.70. The lowest BCUT2D eigenvalue weighted by Crippen LogP contribution is -2.14. The van der Waals surface area contributed by atoms with Crippen molar-refractivity contribution in [1.29, 1.82) is 0 Å². The van der Waals surface area contributed by atoms with E-state index in [1.807, 2.05) is 26.0 Å². The van der Waals surface area contributed by atoms with Gasteiger partial charge in [-0.15, -0.1) is 11.3 Å². The molecular weight excluding hydrogens is 301 g/mol. The Morgan fingerprint density at radius 1 is 1.24 bits per heavy atom. The number of alkyl halides is 3. The van der Waals surface area contributed by atoms with Gasteiger partial charge in [0.25, 0.3) is 0 Å². The Bertz CT molecular complexity index is 624. The molecule has 0 amide bonds. The zero-order valence-electron chi connectivity index (χ0n) is 11.7. The van der Waals surface area contributed by atoms with Crippen LogP contribution in [0.15, 0.2) is 18.2 Å². The maximum atomic E-state index is 12.8. The van der Waals surface area contributed by atoms with Crippen LogP contribution < -0.4 is 10.6 Å². The molecule has 0 aliphatic rings. The second kappa shape index (κ2) is 5.88. The van der Waals surface area contributed by atoms with Crippen molar-refractivity contribution in [2.24, 2.45) is 0 Å². The van der Waals surface area contributed by atoms with Gasteiger partial charge in [0, 0.05) is 22.9 Å². The van der Waals surface area contributed by atoms with E-state index in [2.05, 4.69) is 20.6 Å². The normalized spacial score (nSPS) is 13.0. The predicted octanol–water partition coefficient (Wildman–Crippen LogP) is 4.08. The maximum Gasteiger partial charge on any atom is 0.433 e. The second-order valence-corrected chi connectivity index (χ2v) is 5.84. The van der Waals surface area contributed by atoms with Crippen molar-refractivity contribution in [2.75, 3.05) is 17.7 Å². The summed E-state index contributed by atoms with van der Waals surface area (Å²) in [5, 5.41) is 5.52. The maximum absolute atomic E-state index is 12.8. The SMILES string of the molecule is CNc1nc(NC(C)c2ccc(C)s2)cc(C(F)(F)F)n1. The van der Waals surface area contributed by atoms with E-state index in [1.165, 1.54) is 7.05 Å². The molecule has 1 atom stereocenters. The number of rotatable bonds is 4. The highest BCUT2D eigenvalue weighted by Gasteiger charge is 2.33. The Kier molecular flexibility index (Phi) is 4.36. The number of nitrogens with one attached hydrogen (secondary N) is 2.